The van der Waals surface area contributed by atoms with Gasteiger partial charge in [-0.1, -0.05) is 12.1 Å². The Balaban J connectivity index is 1.35. The summed E-state index contributed by atoms with van der Waals surface area (Å²) in [6.07, 6.45) is 1.80. The van der Waals surface area contributed by atoms with Crippen molar-refractivity contribution in [1.29, 1.82) is 0 Å². The van der Waals surface area contributed by atoms with E-state index in [-0.39, 0.29) is 11.5 Å². The number of ketones is 1. The Morgan fingerprint density at radius 1 is 1.03 bits per heavy atom. The van der Waals surface area contributed by atoms with Crippen molar-refractivity contribution in [3.8, 4) is 11.5 Å². The Morgan fingerprint density at radius 2 is 1.74 bits per heavy atom. The highest BCUT2D eigenvalue weighted by molar-refractivity contribution is 6.16. The van der Waals surface area contributed by atoms with Crippen molar-refractivity contribution >= 4 is 40.2 Å². The zero-order valence-electron chi connectivity index (χ0n) is 22.8. The van der Waals surface area contributed by atoms with Gasteiger partial charge in [-0.3, -0.25) is 4.79 Å². The molecular formula is C31H32N4O4. The number of benzene rings is 3. The number of nitrogens with one attached hydrogen (secondary N) is 2. The van der Waals surface area contributed by atoms with Gasteiger partial charge in [0.25, 0.3) is 0 Å². The highest BCUT2D eigenvalue weighted by atomic mass is 16.5. The first-order valence-electron chi connectivity index (χ1n) is 12.8. The maximum atomic E-state index is 13.3. The predicted molar refractivity (Wildman–Crippen MR) is 155 cm³/mol. The van der Waals surface area contributed by atoms with E-state index in [1.165, 1.54) is 0 Å². The molecule has 2 N–H and O–H groups in total. The summed E-state index contributed by atoms with van der Waals surface area (Å²) in [6, 6.07) is 18.3. The Labute approximate surface area is 227 Å². The van der Waals surface area contributed by atoms with Crippen molar-refractivity contribution in [2.45, 2.75) is 26.9 Å². The molecule has 0 unspecified atom stereocenters. The number of urea groups is 1. The van der Waals surface area contributed by atoms with Gasteiger partial charge in [0.15, 0.2) is 5.76 Å². The molecule has 0 radical (unpaired) electrons. The van der Waals surface area contributed by atoms with E-state index in [2.05, 4.69) is 27.0 Å². The zero-order chi connectivity index (χ0) is 27.7. The molecular weight excluding hydrogens is 492 g/mol. The summed E-state index contributed by atoms with van der Waals surface area (Å²) in [5.74, 6) is 1.22. The second-order valence-electron chi connectivity index (χ2n) is 9.79. The molecule has 0 atom stereocenters. The number of methoxy groups -OCH3 is 1. The van der Waals surface area contributed by atoms with E-state index in [0.717, 1.165) is 46.6 Å². The lowest BCUT2D eigenvalue weighted by molar-refractivity contribution is 0.101. The minimum Gasteiger partial charge on any atom is -0.497 e. The van der Waals surface area contributed by atoms with E-state index in [4.69, 9.17) is 9.47 Å². The molecule has 2 amide bonds. The first-order valence-corrected chi connectivity index (χ1v) is 12.8. The van der Waals surface area contributed by atoms with Crippen LogP contribution in [0.25, 0.3) is 17.0 Å². The van der Waals surface area contributed by atoms with Crippen LogP contribution in [-0.4, -0.2) is 42.5 Å². The van der Waals surface area contributed by atoms with Crippen molar-refractivity contribution in [1.82, 2.24) is 9.47 Å². The lowest BCUT2D eigenvalue weighted by Crippen LogP contribution is -2.19. The summed E-state index contributed by atoms with van der Waals surface area (Å²) in [7, 11) is 5.65. The van der Waals surface area contributed by atoms with Gasteiger partial charge >= 0.3 is 6.03 Å². The molecule has 5 rings (SSSR count). The highest BCUT2D eigenvalue weighted by Crippen LogP contribution is 2.36. The average Bonchev–Trinajstić information content (AvgIpc) is 3.37. The number of nitrogens with zero attached hydrogens (tertiary/aromatic N) is 2. The molecule has 0 aliphatic carbocycles. The van der Waals surface area contributed by atoms with Crippen LogP contribution in [0.1, 0.15) is 34.1 Å². The smallest absolute Gasteiger partial charge is 0.323 e. The fraction of sp³-hybridized carbons (Fsp3) is 0.226. The summed E-state index contributed by atoms with van der Waals surface area (Å²) >= 11 is 0. The fourth-order valence-electron chi connectivity index (χ4n) is 4.95. The molecule has 3 aromatic carbocycles. The van der Waals surface area contributed by atoms with Crippen LogP contribution in [0, 0.1) is 6.92 Å². The first kappa shape index (κ1) is 26.1. The van der Waals surface area contributed by atoms with Crippen LogP contribution in [0.4, 0.5) is 16.2 Å². The lowest BCUT2D eigenvalue weighted by atomic mass is 10.1. The van der Waals surface area contributed by atoms with Crippen molar-refractivity contribution in [3.05, 3.63) is 88.8 Å². The average molecular weight is 525 g/mol. The lowest BCUT2D eigenvalue weighted by Gasteiger charge is -2.11. The Morgan fingerprint density at radius 3 is 2.44 bits per heavy atom. The molecule has 1 aliphatic heterocycles. The van der Waals surface area contributed by atoms with E-state index in [1.807, 2.05) is 63.5 Å². The molecule has 8 heteroatoms. The van der Waals surface area contributed by atoms with Gasteiger partial charge in [-0.05, 0) is 88.1 Å². The molecule has 1 aromatic heterocycles. The van der Waals surface area contributed by atoms with E-state index in [1.54, 1.807) is 31.4 Å². The highest BCUT2D eigenvalue weighted by Gasteiger charge is 2.29. The van der Waals surface area contributed by atoms with Gasteiger partial charge in [-0.2, -0.15) is 0 Å². The Hall–Kier alpha value is -4.56. The van der Waals surface area contributed by atoms with Gasteiger partial charge in [0, 0.05) is 46.6 Å². The van der Waals surface area contributed by atoms with Crippen LogP contribution in [0.2, 0.25) is 0 Å². The van der Waals surface area contributed by atoms with Crippen LogP contribution in [0.5, 0.6) is 11.5 Å². The van der Waals surface area contributed by atoms with E-state index in [0.29, 0.717) is 22.7 Å². The maximum Gasteiger partial charge on any atom is 0.323 e. The number of amides is 2. The number of hydrogen-bond donors (Lipinski definition) is 2. The number of aryl methyl sites for hydroxylation is 1. The van der Waals surface area contributed by atoms with Gasteiger partial charge in [-0.15, -0.1) is 0 Å². The summed E-state index contributed by atoms with van der Waals surface area (Å²) in [5, 5.41) is 6.62. The maximum absolute atomic E-state index is 13.3. The second-order valence-corrected chi connectivity index (χ2v) is 9.79. The number of carbonyl (C=O) groups excluding carboxylic acids is 2. The molecule has 0 bridgehead atoms. The Bertz CT molecular complexity index is 1600. The monoisotopic (exact) mass is 524 g/mol. The number of carbonyl (C=O) groups is 2. The molecule has 0 saturated heterocycles. The number of rotatable bonds is 7. The van der Waals surface area contributed by atoms with Crippen LogP contribution in [0.3, 0.4) is 0 Å². The quantitative estimate of drug-likeness (QED) is 0.277. The third-order valence-corrected chi connectivity index (χ3v) is 6.81. The van der Waals surface area contributed by atoms with Gasteiger partial charge < -0.3 is 29.6 Å². The minimum atomic E-state index is -0.394. The van der Waals surface area contributed by atoms with Crippen molar-refractivity contribution < 1.29 is 19.1 Å². The van der Waals surface area contributed by atoms with Gasteiger partial charge in [0.2, 0.25) is 5.78 Å². The van der Waals surface area contributed by atoms with Crippen LogP contribution < -0.4 is 20.1 Å². The summed E-state index contributed by atoms with van der Waals surface area (Å²) in [6.45, 7) is 5.74. The predicted octanol–water partition coefficient (Wildman–Crippen LogP) is 6.30. The number of hydrogen-bond acceptors (Lipinski definition) is 5. The largest absolute Gasteiger partial charge is 0.497 e. The third-order valence-electron chi connectivity index (χ3n) is 6.81. The minimum absolute atomic E-state index is 0.231. The number of fused-ring (bicyclic) bond motifs is 2. The third kappa shape index (κ3) is 5.24. The number of ether oxygens (including phenoxy) is 2. The van der Waals surface area contributed by atoms with E-state index in [9.17, 15) is 9.59 Å². The molecule has 0 fully saturated rings. The van der Waals surface area contributed by atoms with E-state index >= 15 is 0 Å². The molecule has 2 heterocycles. The molecule has 39 heavy (non-hydrogen) atoms. The van der Waals surface area contributed by atoms with Gasteiger partial charge in [0.1, 0.15) is 11.5 Å². The standard InChI is InChI=1S/C31H32N4O4/c1-6-35-19(2)24(25-16-23(38-5)12-13-27(25)35)17-29-30(36)26-15-22(11-14-28(26)39-29)33-31(37)32-21-9-7-20(8-10-21)18-34(3)4/h7-17H,6,18H2,1-5H3,(H2,32,33,37). The molecule has 4 aromatic rings. The number of Topliss-reactive ketones (excluding diaryl/α,β-unsaturated/α-hetero) is 1. The summed E-state index contributed by atoms with van der Waals surface area (Å²) < 4.78 is 13.6. The zero-order valence-corrected chi connectivity index (χ0v) is 22.8. The van der Waals surface area contributed by atoms with Crippen molar-refractivity contribution in [2.24, 2.45) is 0 Å². The first-order chi connectivity index (χ1) is 18.8. The normalized spacial score (nSPS) is 13.6. The topological polar surface area (TPSA) is 84.8 Å². The number of anilines is 2. The van der Waals surface area contributed by atoms with Crippen LogP contribution in [-0.2, 0) is 13.1 Å². The molecule has 200 valence electrons. The summed E-state index contributed by atoms with van der Waals surface area (Å²) in [4.78, 5) is 28.0. The fourth-order valence-corrected chi connectivity index (χ4v) is 4.95. The SMILES string of the molecule is CCn1c(C)c(C=C2Oc3ccc(NC(=O)Nc4ccc(CN(C)C)cc4)cc3C2=O)c2cc(OC)ccc21. The van der Waals surface area contributed by atoms with Gasteiger partial charge in [0.05, 0.1) is 12.7 Å². The van der Waals surface area contributed by atoms with Crippen molar-refractivity contribution in [2.75, 3.05) is 31.8 Å². The molecule has 1 aliphatic rings. The van der Waals surface area contributed by atoms with Crippen molar-refractivity contribution in [3.63, 3.8) is 0 Å². The number of aromatic nitrogens is 1. The number of allylic oxidation sites excluding steroid dienone is 1. The van der Waals surface area contributed by atoms with Crippen LogP contribution in [0.15, 0.2) is 66.4 Å². The molecule has 8 nitrogen and oxygen atoms in total. The van der Waals surface area contributed by atoms with Crippen LogP contribution >= 0.6 is 0 Å². The molecule has 0 saturated carbocycles. The summed E-state index contributed by atoms with van der Waals surface area (Å²) in [5.41, 5.74) is 5.75. The molecule has 0 spiro atoms. The van der Waals surface area contributed by atoms with E-state index < -0.39 is 6.03 Å². The second kappa shape index (κ2) is 10.7. The van der Waals surface area contributed by atoms with Gasteiger partial charge in [-0.25, -0.2) is 4.79 Å². The Kier molecular flexibility index (Phi) is 7.13.